The molecule has 1 aromatic carbocycles. The maximum absolute atomic E-state index is 12.6. The molecule has 1 aliphatic heterocycles. The average molecular weight is 365 g/mol. The number of hydrogen-bond donors (Lipinski definition) is 0. The molecule has 3 heterocycles. The Balaban J connectivity index is 1.33. The smallest absolute Gasteiger partial charge is 0.228 e. The van der Waals surface area contributed by atoms with Gasteiger partial charge in [0.15, 0.2) is 0 Å². The van der Waals surface area contributed by atoms with Crippen LogP contribution in [0.5, 0.6) is 5.75 Å². The number of amides is 1. The molecule has 3 aromatic rings. The van der Waals surface area contributed by atoms with Crippen LogP contribution in [-0.2, 0) is 30.8 Å². The summed E-state index contributed by atoms with van der Waals surface area (Å²) in [6.07, 6.45) is 4.64. The molecule has 0 spiro atoms. The molecular weight excluding hydrogens is 346 g/mol. The maximum atomic E-state index is 12.6. The number of carbonyl (C=O) groups excluding carboxylic acids is 1. The molecule has 6 heteroatoms. The first-order chi connectivity index (χ1) is 12.8. The topological polar surface area (TPSA) is 55.3 Å². The number of carbonyl (C=O) groups is 1. The van der Waals surface area contributed by atoms with Crippen molar-refractivity contribution in [1.82, 2.24) is 14.9 Å². The number of nitrogens with zero attached hydrogens (tertiary/aromatic N) is 3. The van der Waals surface area contributed by atoms with Crippen molar-refractivity contribution in [3.05, 3.63) is 76.0 Å². The van der Waals surface area contributed by atoms with E-state index in [4.69, 9.17) is 4.74 Å². The minimum atomic E-state index is 0.129. The molecule has 0 saturated heterocycles. The van der Waals surface area contributed by atoms with E-state index in [1.165, 1.54) is 22.5 Å². The van der Waals surface area contributed by atoms with Gasteiger partial charge in [0.2, 0.25) is 5.91 Å². The van der Waals surface area contributed by atoms with Crippen molar-refractivity contribution in [2.24, 2.45) is 0 Å². The van der Waals surface area contributed by atoms with Crippen molar-refractivity contribution in [3.63, 3.8) is 0 Å². The van der Waals surface area contributed by atoms with E-state index in [2.05, 4.69) is 28.2 Å². The van der Waals surface area contributed by atoms with E-state index >= 15 is 0 Å². The highest BCUT2D eigenvalue weighted by Crippen LogP contribution is 2.20. The summed E-state index contributed by atoms with van der Waals surface area (Å²) in [7, 11) is 0. The Labute approximate surface area is 156 Å². The van der Waals surface area contributed by atoms with Gasteiger partial charge in [0.05, 0.1) is 18.3 Å². The number of thiazole rings is 1. The van der Waals surface area contributed by atoms with Gasteiger partial charge in [-0.05, 0) is 29.7 Å². The van der Waals surface area contributed by atoms with Crippen molar-refractivity contribution in [1.29, 1.82) is 0 Å². The molecule has 132 valence electrons. The molecule has 0 N–H and O–H groups in total. The van der Waals surface area contributed by atoms with Crippen molar-refractivity contribution in [2.45, 2.75) is 26.0 Å². The van der Waals surface area contributed by atoms with Crippen molar-refractivity contribution in [2.75, 3.05) is 6.54 Å². The molecule has 2 aromatic heterocycles. The standard InChI is InChI=1S/C20H19N3O2S/c24-20(23-9-7-15-4-1-2-5-16(15)12-23)10-17-14-26-19(22-17)13-25-18-6-3-8-21-11-18/h1-6,8,11,14H,7,9-10,12-13H2. The molecule has 0 bridgehead atoms. The quantitative estimate of drug-likeness (QED) is 0.696. The van der Waals surface area contributed by atoms with E-state index in [-0.39, 0.29) is 5.91 Å². The number of pyridine rings is 1. The van der Waals surface area contributed by atoms with Gasteiger partial charge in [-0.3, -0.25) is 9.78 Å². The molecule has 0 fully saturated rings. The zero-order chi connectivity index (χ0) is 17.8. The number of benzene rings is 1. The summed E-state index contributed by atoms with van der Waals surface area (Å²) in [5.74, 6) is 0.844. The molecular formula is C20H19N3O2S. The Bertz CT molecular complexity index is 895. The Kier molecular flexibility index (Phi) is 4.93. The van der Waals surface area contributed by atoms with Crippen LogP contribution in [0.15, 0.2) is 54.2 Å². The van der Waals surface area contributed by atoms with Gasteiger partial charge in [-0.1, -0.05) is 24.3 Å². The minimum Gasteiger partial charge on any atom is -0.485 e. The van der Waals surface area contributed by atoms with Crippen molar-refractivity contribution in [3.8, 4) is 5.75 Å². The van der Waals surface area contributed by atoms with Crippen LogP contribution in [-0.4, -0.2) is 27.3 Å². The predicted octanol–water partition coefficient (Wildman–Crippen LogP) is 3.24. The second kappa shape index (κ2) is 7.66. The Hall–Kier alpha value is -2.73. The zero-order valence-corrected chi connectivity index (χ0v) is 15.1. The molecule has 4 rings (SSSR count). The highest BCUT2D eigenvalue weighted by Gasteiger charge is 2.21. The lowest BCUT2D eigenvalue weighted by Gasteiger charge is -2.28. The zero-order valence-electron chi connectivity index (χ0n) is 14.3. The van der Waals surface area contributed by atoms with Crippen LogP contribution in [0.1, 0.15) is 21.8 Å². The number of hydrogen-bond acceptors (Lipinski definition) is 5. The summed E-state index contributed by atoms with van der Waals surface area (Å²) in [6, 6.07) is 12.0. The molecule has 26 heavy (non-hydrogen) atoms. The summed E-state index contributed by atoms with van der Waals surface area (Å²) in [5, 5.41) is 2.80. The lowest BCUT2D eigenvalue weighted by molar-refractivity contribution is -0.131. The van der Waals surface area contributed by atoms with Crippen LogP contribution in [0.25, 0.3) is 0 Å². The van der Waals surface area contributed by atoms with E-state index in [0.717, 1.165) is 23.7 Å². The SMILES string of the molecule is O=C(Cc1csc(COc2cccnc2)n1)N1CCc2ccccc2C1. The van der Waals surface area contributed by atoms with E-state index in [9.17, 15) is 4.79 Å². The van der Waals surface area contributed by atoms with Gasteiger partial charge in [-0.2, -0.15) is 0 Å². The summed E-state index contributed by atoms with van der Waals surface area (Å²) in [4.78, 5) is 23.1. The highest BCUT2D eigenvalue weighted by atomic mass is 32.1. The second-order valence-corrected chi connectivity index (χ2v) is 7.16. The third-order valence-electron chi connectivity index (χ3n) is 4.41. The fraction of sp³-hybridized carbons (Fsp3) is 0.250. The molecule has 1 amide bonds. The van der Waals surface area contributed by atoms with Gasteiger partial charge < -0.3 is 9.64 Å². The average Bonchev–Trinajstić information content (AvgIpc) is 3.14. The first-order valence-corrected chi connectivity index (χ1v) is 9.46. The van der Waals surface area contributed by atoms with Gasteiger partial charge in [0.25, 0.3) is 0 Å². The molecule has 1 aliphatic rings. The fourth-order valence-corrected chi connectivity index (χ4v) is 3.75. The Morgan fingerprint density at radius 1 is 1.19 bits per heavy atom. The summed E-state index contributed by atoms with van der Waals surface area (Å²) < 4.78 is 5.66. The van der Waals surface area contributed by atoms with Crippen molar-refractivity contribution >= 4 is 17.2 Å². The summed E-state index contributed by atoms with van der Waals surface area (Å²) in [6.45, 7) is 1.86. The normalized spacial score (nSPS) is 13.3. The van der Waals surface area contributed by atoms with Crippen LogP contribution in [0.3, 0.4) is 0 Å². The Morgan fingerprint density at radius 2 is 2.08 bits per heavy atom. The largest absolute Gasteiger partial charge is 0.485 e. The fourth-order valence-electron chi connectivity index (χ4n) is 3.05. The van der Waals surface area contributed by atoms with Gasteiger partial charge in [-0.15, -0.1) is 11.3 Å². The van der Waals surface area contributed by atoms with Crippen LogP contribution in [0, 0.1) is 0 Å². The predicted molar refractivity (Wildman–Crippen MR) is 100.0 cm³/mol. The number of ether oxygens (including phenoxy) is 1. The monoisotopic (exact) mass is 365 g/mol. The van der Waals surface area contributed by atoms with Crippen LogP contribution in [0.4, 0.5) is 0 Å². The van der Waals surface area contributed by atoms with Gasteiger partial charge >= 0.3 is 0 Å². The van der Waals surface area contributed by atoms with E-state index in [0.29, 0.717) is 25.3 Å². The number of fused-ring (bicyclic) bond motifs is 1. The van der Waals surface area contributed by atoms with Crippen molar-refractivity contribution < 1.29 is 9.53 Å². The van der Waals surface area contributed by atoms with Crippen LogP contribution in [0.2, 0.25) is 0 Å². The van der Waals surface area contributed by atoms with Crippen LogP contribution < -0.4 is 4.74 Å². The number of aromatic nitrogens is 2. The van der Waals surface area contributed by atoms with E-state index in [1.54, 1.807) is 12.4 Å². The maximum Gasteiger partial charge on any atom is 0.228 e. The lowest BCUT2D eigenvalue weighted by atomic mass is 10.00. The molecule has 0 atom stereocenters. The highest BCUT2D eigenvalue weighted by molar-refractivity contribution is 7.09. The molecule has 0 unspecified atom stereocenters. The third kappa shape index (κ3) is 3.91. The summed E-state index contributed by atoms with van der Waals surface area (Å²) >= 11 is 1.52. The molecule has 0 radical (unpaired) electrons. The number of rotatable bonds is 5. The van der Waals surface area contributed by atoms with Crippen LogP contribution >= 0.6 is 11.3 Å². The van der Waals surface area contributed by atoms with Gasteiger partial charge in [0.1, 0.15) is 17.4 Å². The van der Waals surface area contributed by atoms with Gasteiger partial charge in [0, 0.05) is 24.7 Å². The first-order valence-electron chi connectivity index (χ1n) is 8.58. The lowest BCUT2D eigenvalue weighted by Crippen LogP contribution is -2.36. The third-order valence-corrected chi connectivity index (χ3v) is 5.28. The van der Waals surface area contributed by atoms with E-state index < -0.39 is 0 Å². The first kappa shape index (κ1) is 16.7. The minimum absolute atomic E-state index is 0.129. The second-order valence-electron chi connectivity index (χ2n) is 6.22. The van der Waals surface area contributed by atoms with Gasteiger partial charge in [-0.25, -0.2) is 4.98 Å². The Morgan fingerprint density at radius 3 is 2.92 bits per heavy atom. The molecule has 5 nitrogen and oxygen atoms in total. The molecule has 0 aliphatic carbocycles. The summed E-state index contributed by atoms with van der Waals surface area (Å²) in [5.41, 5.74) is 3.40. The van der Waals surface area contributed by atoms with E-state index in [1.807, 2.05) is 28.5 Å². The molecule has 0 saturated carbocycles.